The second-order valence-electron chi connectivity index (χ2n) is 5.05. The van der Waals surface area contributed by atoms with Gasteiger partial charge in [0, 0.05) is 5.56 Å². The first-order valence-corrected chi connectivity index (χ1v) is 6.94. The zero-order valence-electron chi connectivity index (χ0n) is 11.9. The fraction of sp³-hybridized carbons (Fsp3) is 0.105. The molecule has 21 heavy (non-hydrogen) atoms. The monoisotopic (exact) mass is 276 g/mol. The molecule has 0 saturated heterocycles. The Morgan fingerprint density at radius 3 is 2.43 bits per heavy atom. The van der Waals surface area contributed by atoms with Crippen LogP contribution in [0.4, 0.5) is 0 Å². The van der Waals surface area contributed by atoms with Crippen molar-refractivity contribution in [2.24, 2.45) is 0 Å². The van der Waals surface area contributed by atoms with E-state index >= 15 is 0 Å². The van der Waals surface area contributed by atoms with Gasteiger partial charge in [-0.25, -0.2) is 0 Å². The molecule has 0 bridgehead atoms. The van der Waals surface area contributed by atoms with Crippen LogP contribution in [0.5, 0.6) is 5.75 Å². The Morgan fingerprint density at radius 1 is 0.905 bits per heavy atom. The van der Waals surface area contributed by atoms with E-state index in [1.165, 1.54) is 0 Å². The maximum absolute atomic E-state index is 11.5. The zero-order valence-corrected chi connectivity index (χ0v) is 11.9. The van der Waals surface area contributed by atoms with Crippen LogP contribution in [0.2, 0.25) is 0 Å². The van der Waals surface area contributed by atoms with E-state index in [9.17, 15) is 4.79 Å². The molecule has 0 aliphatic carbocycles. The molecule has 0 aromatic heterocycles. The van der Waals surface area contributed by atoms with Crippen LogP contribution in [0, 0.1) is 0 Å². The lowest BCUT2D eigenvalue weighted by molar-refractivity contribution is 0.101. The van der Waals surface area contributed by atoms with Gasteiger partial charge in [-0.05, 0) is 41.5 Å². The van der Waals surface area contributed by atoms with Crippen molar-refractivity contribution in [2.75, 3.05) is 0 Å². The van der Waals surface area contributed by atoms with E-state index in [1.54, 1.807) is 6.92 Å². The van der Waals surface area contributed by atoms with Crippen LogP contribution in [-0.4, -0.2) is 5.78 Å². The standard InChI is InChI=1S/C19H16O2/c1-14(20)17-8-7-16-9-10-19(12-18(16)11-17)21-13-15-5-3-2-4-6-15/h2-12H,13H2,1H3. The number of benzene rings is 3. The third-order valence-corrected chi connectivity index (χ3v) is 3.47. The van der Waals surface area contributed by atoms with Crippen molar-refractivity contribution in [3.63, 3.8) is 0 Å². The summed E-state index contributed by atoms with van der Waals surface area (Å²) < 4.78 is 5.82. The van der Waals surface area contributed by atoms with Crippen molar-refractivity contribution in [3.8, 4) is 5.75 Å². The average Bonchev–Trinajstić information content (AvgIpc) is 2.53. The summed E-state index contributed by atoms with van der Waals surface area (Å²) in [6, 6.07) is 21.7. The third-order valence-electron chi connectivity index (χ3n) is 3.47. The lowest BCUT2D eigenvalue weighted by atomic mass is 10.0. The lowest BCUT2D eigenvalue weighted by Crippen LogP contribution is -1.95. The number of ketones is 1. The molecule has 0 aliphatic heterocycles. The van der Waals surface area contributed by atoms with Gasteiger partial charge in [-0.1, -0.05) is 48.5 Å². The van der Waals surface area contributed by atoms with Crippen LogP contribution in [0.1, 0.15) is 22.8 Å². The van der Waals surface area contributed by atoms with E-state index in [0.29, 0.717) is 6.61 Å². The molecule has 0 atom stereocenters. The predicted molar refractivity (Wildman–Crippen MR) is 84.7 cm³/mol. The second-order valence-corrected chi connectivity index (χ2v) is 5.05. The maximum atomic E-state index is 11.5. The topological polar surface area (TPSA) is 26.3 Å². The molecule has 3 rings (SSSR count). The largest absolute Gasteiger partial charge is 0.489 e. The summed E-state index contributed by atoms with van der Waals surface area (Å²) in [5.41, 5.74) is 1.86. The SMILES string of the molecule is CC(=O)c1ccc2ccc(OCc3ccccc3)cc2c1. The van der Waals surface area contributed by atoms with Gasteiger partial charge in [0.15, 0.2) is 5.78 Å². The minimum absolute atomic E-state index is 0.0764. The number of hydrogen-bond acceptors (Lipinski definition) is 2. The number of ether oxygens (including phenoxy) is 1. The van der Waals surface area contributed by atoms with Gasteiger partial charge >= 0.3 is 0 Å². The fourth-order valence-electron chi connectivity index (χ4n) is 2.27. The van der Waals surface area contributed by atoms with Crippen LogP contribution in [0.3, 0.4) is 0 Å². The summed E-state index contributed by atoms with van der Waals surface area (Å²) in [5, 5.41) is 2.13. The van der Waals surface area contributed by atoms with Gasteiger partial charge < -0.3 is 4.74 Å². The molecule has 2 heteroatoms. The fourth-order valence-corrected chi connectivity index (χ4v) is 2.27. The number of carbonyl (C=O) groups is 1. The Kier molecular flexibility index (Phi) is 3.69. The van der Waals surface area contributed by atoms with Crippen molar-refractivity contribution in [1.82, 2.24) is 0 Å². The summed E-state index contributed by atoms with van der Waals surface area (Å²) in [6.45, 7) is 2.12. The Hall–Kier alpha value is -2.61. The minimum atomic E-state index is 0.0764. The molecule has 3 aromatic rings. The molecule has 0 fully saturated rings. The highest BCUT2D eigenvalue weighted by Crippen LogP contribution is 2.23. The smallest absolute Gasteiger partial charge is 0.159 e. The number of carbonyl (C=O) groups excluding carboxylic acids is 1. The van der Waals surface area contributed by atoms with Crippen molar-refractivity contribution in [3.05, 3.63) is 77.9 Å². The van der Waals surface area contributed by atoms with Gasteiger partial charge in [0.25, 0.3) is 0 Å². The van der Waals surface area contributed by atoms with Gasteiger partial charge in [-0.3, -0.25) is 4.79 Å². The first kappa shape index (κ1) is 13.4. The molecule has 104 valence electrons. The number of rotatable bonds is 4. The van der Waals surface area contributed by atoms with Crippen LogP contribution >= 0.6 is 0 Å². The molecule has 0 aliphatic rings. The summed E-state index contributed by atoms with van der Waals surface area (Å²) in [5.74, 6) is 0.888. The van der Waals surface area contributed by atoms with Crippen LogP contribution in [-0.2, 0) is 6.61 Å². The normalized spacial score (nSPS) is 10.5. The van der Waals surface area contributed by atoms with Crippen LogP contribution < -0.4 is 4.74 Å². The summed E-state index contributed by atoms with van der Waals surface area (Å²) in [4.78, 5) is 11.5. The van der Waals surface area contributed by atoms with Crippen molar-refractivity contribution < 1.29 is 9.53 Å². The molecule has 0 saturated carbocycles. The highest BCUT2D eigenvalue weighted by molar-refractivity contribution is 5.98. The van der Waals surface area contributed by atoms with E-state index in [0.717, 1.165) is 27.6 Å². The predicted octanol–water partition coefficient (Wildman–Crippen LogP) is 4.62. The first-order valence-electron chi connectivity index (χ1n) is 6.94. The Labute approximate surface area is 124 Å². The molecule has 3 aromatic carbocycles. The first-order chi connectivity index (χ1) is 10.2. The van der Waals surface area contributed by atoms with Crippen molar-refractivity contribution in [1.29, 1.82) is 0 Å². The molecule has 0 unspecified atom stereocenters. The highest BCUT2D eigenvalue weighted by atomic mass is 16.5. The Morgan fingerprint density at radius 2 is 1.67 bits per heavy atom. The summed E-state index contributed by atoms with van der Waals surface area (Å²) in [7, 11) is 0. The van der Waals surface area contributed by atoms with E-state index in [-0.39, 0.29) is 5.78 Å². The van der Waals surface area contributed by atoms with E-state index in [4.69, 9.17) is 4.74 Å². The molecule has 0 heterocycles. The molecule has 0 spiro atoms. The molecule has 0 amide bonds. The van der Waals surface area contributed by atoms with Gasteiger partial charge in [0.2, 0.25) is 0 Å². The number of Topliss-reactive ketones (excluding diaryl/α,β-unsaturated/α-hetero) is 1. The van der Waals surface area contributed by atoms with Gasteiger partial charge in [0.05, 0.1) is 0 Å². The minimum Gasteiger partial charge on any atom is -0.489 e. The number of fused-ring (bicyclic) bond motifs is 1. The average molecular weight is 276 g/mol. The van der Waals surface area contributed by atoms with Crippen molar-refractivity contribution >= 4 is 16.6 Å². The van der Waals surface area contributed by atoms with Crippen LogP contribution in [0.15, 0.2) is 66.7 Å². The second kappa shape index (κ2) is 5.80. The lowest BCUT2D eigenvalue weighted by Gasteiger charge is -2.08. The molecule has 0 radical (unpaired) electrons. The molecular formula is C19H16O2. The molecule has 0 N–H and O–H groups in total. The van der Waals surface area contributed by atoms with Crippen molar-refractivity contribution in [2.45, 2.75) is 13.5 Å². The molecular weight excluding hydrogens is 260 g/mol. The van der Waals surface area contributed by atoms with Gasteiger partial charge in [0.1, 0.15) is 12.4 Å². The zero-order chi connectivity index (χ0) is 14.7. The Bertz CT molecular complexity index is 776. The van der Waals surface area contributed by atoms with Gasteiger partial charge in [-0.2, -0.15) is 0 Å². The summed E-state index contributed by atoms with van der Waals surface area (Å²) in [6.07, 6.45) is 0. The molecule has 2 nitrogen and oxygen atoms in total. The van der Waals surface area contributed by atoms with E-state index in [2.05, 4.69) is 0 Å². The van der Waals surface area contributed by atoms with E-state index < -0.39 is 0 Å². The third kappa shape index (κ3) is 3.11. The maximum Gasteiger partial charge on any atom is 0.159 e. The number of hydrogen-bond donors (Lipinski definition) is 0. The quantitative estimate of drug-likeness (QED) is 0.650. The van der Waals surface area contributed by atoms with Crippen LogP contribution in [0.25, 0.3) is 10.8 Å². The highest BCUT2D eigenvalue weighted by Gasteiger charge is 2.03. The Balaban J connectivity index is 1.84. The van der Waals surface area contributed by atoms with E-state index in [1.807, 2.05) is 66.7 Å². The summed E-state index contributed by atoms with van der Waals surface area (Å²) >= 11 is 0. The van der Waals surface area contributed by atoms with Gasteiger partial charge in [-0.15, -0.1) is 0 Å².